The molecule has 16 heavy (non-hydrogen) atoms. The van der Waals surface area contributed by atoms with Crippen molar-refractivity contribution < 1.29 is 8.42 Å². The van der Waals surface area contributed by atoms with Gasteiger partial charge in [-0.15, -0.1) is 0 Å². The lowest BCUT2D eigenvalue weighted by atomic mass is 9.97. The van der Waals surface area contributed by atoms with Crippen LogP contribution in [0.1, 0.15) is 19.8 Å². The predicted octanol–water partition coefficient (Wildman–Crippen LogP) is 0.0902. The first-order valence-corrected chi connectivity index (χ1v) is 7.82. The highest BCUT2D eigenvalue weighted by Crippen LogP contribution is 2.40. The maximum Gasteiger partial charge on any atom is 0.152 e. The number of rotatable bonds is 4. The summed E-state index contributed by atoms with van der Waals surface area (Å²) >= 11 is 0. The second-order valence-corrected chi connectivity index (χ2v) is 7.81. The summed E-state index contributed by atoms with van der Waals surface area (Å²) in [5.41, 5.74) is 5.52. The van der Waals surface area contributed by atoms with E-state index in [1.807, 2.05) is 7.05 Å². The van der Waals surface area contributed by atoms with Crippen LogP contribution in [0, 0.1) is 11.8 Å². The molecular formula is C11H22N2O2S. The van der Waals surface area contributed by atoms with E-state index in [1.54, 1.807) is 0 Å². The van der Waals surface area contributed by atoms with Crippen LogP contribution in [-0.4, -0.2) is 50.5 Å². The summed E-state index contributed by atoms with van der Waals surface area (Å²) in [7, 11) is -0.835. The Morgan fingerprint density at radius 2 is 2.12 bits per heavy atom. The fourth-order valence-corrected chi connectivity index (χ4v) is 4.85. The highest BCUT2D eigenvalue weighted by molar-refractivity contribution is 7.91. The molecule has 0 bridgehead atoms. The van der Waals surface area contributed by atoms with Crippen LogP contribution in [0.5, 0.6) is 0 Å². The molecule has 3 unspecified atom stereocenters. The van der Waals surface area contributed by atoms with E-state index in [-0.39, 0.29) is 11.3 Å². The zero-order chi connectivity index (χ0) is 12.0. The van der Waals surface area contributed by atoms with E-state index in [0.29, 0.717) is 18.7 Å². The summed E-state index contributed by atoms with van der Waals surface area (Å²) in [6, 6.07) is 0. The number of sulfone groups is 1. The standard InChI is InChI=1S/C11H22N2O2S/c1-9-5-10(9)6-13(2)11(7-12)3-4-16(14,15)8-11/h9-10H,3-8,12H2,1-2H3. The van der Waals surface area contributed by atoms with Crippen LogP contribution in [0.4, 0.5) is 0 Å². The summed E-state index contributed by atoms with van der Waals surface area (Å²) in [5, 5.41) is 0. The van der Waals surface area contributed by atoms with Crippen molar-refractivity contribution in [3.05, 3.63) is 0 Å². The Morgan fingerprint density at radius 3 is 2.50 bits per heavy atom. The molecule has 0 aromatic carbocycles. The molecule has 3 atom stereocenters. The Balaban J connectivity index is 2.04. The van der Waals surface area contributed by atoms with Gasteiger partial charge in [-0.1, -0.05) is 6.92 Å². The molecule has 0 radical (unpaired) electrons. The Hall–Kier alpha value is -0.130. The van der Waals surface area contributed by atoms with Gasteiger partial charge in [0.05, 0.1) is 11.5 Å². The average molecular weight is 246 g/mol. The van der Waals surface area contributed by atoms with Crippen LogP contribution in [0.2, 0.25) is 0 Å². The maximum absolute atomic E-state index is 11.6. The minimum absolute atomic E-state index is 0.244. The minimum Gasteiger partial charge on any atom is -0.329 e. The molecule has 1 heterocycles. The smallest absolute Gasteiger partial charge is 0.152 e. The van der Waals surface area contributed by atoms with Crippen LogP contribution in [-0.2, 0) is 9.84 Å². The molecule has 0 aromatic heterocycles. The van der Waals surface area contributed by atoms with Crippen molar-refractivity contribution in [1.29, 1.82) is 0 Å². The maximum atomic E-state index is 11.6. The number of likely N-dealkylation sites (N-methyl/N-ethyl adjacent to an activating group) is 1. The van der Waals surface area contributed by atoms with Crippen molar-refractivity contribution in [1.82, 2.24) is 4.90 Å². The minimum atomic E-state index is -2.86. The molecule has 2 N–H and O–H groups in total. The van der Waals surface area contributed by atoms with Gasteiger partial charge in [0.25, 0.3) is 0 Å². The van der Waals surface area contributed by atoms with Gasteiger partial charge in [-0.3, -0.25) is 4.90 Å². The van der Waals surface area contributed by atoms with Crippen LogP contribution < -0.4 is 5.73 Å². The highest BCUT2D eigenvalue weighted by atomic mass is 32.2. The molecule has 1 saturated heterocycles. The molecule has 1 saturated carbocycles. The van der Waals surface area contributed by atoms with Gasteiger partial charge in [0.2, 0.25) is 0 Å². The van der Waals surface area contributed by atoms with Gasteiger partial charge in [0.15, 0.2) is 9.84 Å². The lowest BCUT2D eigenvalue weighted by Crippen LogP contribution is -2.53. The Morgan fingerprint density at radius 1 is 1.50 bits per heavy atom. The third-order valence-electron chi connectivity index (χ3n) is 4.34. The third-order valence-corrected chi connectivity index (χ3v) is 6.14. The summed E-state index contributed by atoms with van der Waals surface area (Å²) in [6.07, 6.45) is 1.97. The predicted molar refractivity (Wildman–Crippen MR) is 65.0 cm³/mol. The summed E-state index contributed by atoms with van der Waals surface area (Å²) in [5.74, 6) is 2.09. The van der Waals surface area contributed by atoms with Crippen molar-refractivity contribution in [3.8, 4) is 0 Å². The molecule has 0 spiro atoms. The van der Waals surface area contributed by atoms with Gasteiger partial charge in [-0.2, -0.15) is 0 Å². The second-order valence-electron chi connectivity index (χ2n) is 5.62. The zero-order valence-corrected chi connectivity index (χ0v) is 11.0. The Kier molecular flexibility index (Phi) is 3.05. The molecule has 1 aliphatic carbocycles. The van der Waals surface area contributed by atoms with Gasteiger partial charge in [0.1, 0.15) is 0 Å². The fourth-order valence-electron chi connectivity index (χ4n) is 2.72. The molecule has 5 heteroatoms. The van der Waals surface area contributed by atoms with Crippen LogP contribution >= 0.6 is 0 Å². The monoisotopic (exact) mass is 246 g/mol. The Labute approximate surface area is 98.1 Å². The lowest BCUT2D eigenvalue weighted by molar-refractivity contribution is 0.143. The van der Waals surface area contributed by atoms with E-state index in [1.165, 1.54) is 6.42 Å². The Bertz CT molecular complexity index is 368. The molecule has 2 aliphatic rings. The van der Waals surface area contributed by atoms with E-state index in [0.717, 1.165) is 18.4 Å². The van der Waals surface area contributed by atoms with Gasteiger partial charge < -0.3 is 5.73 Å². The molecule has 2 rings (SSSR count). The quantitative estimate of drug-likeness (QED) is 0.763. The summed E-state index contributed by atoms with van der Waals surface area (Å²) in [4.78, 5) is 2.20. The average Bonchev–Trinajstić information content (AvgIpc) is 2.76. The number of hydrogen-bond acceptors (Lipinski definition) is 4. The first-order valence-electron chi connectivity index (χ1n) is 6.00. The largest absolute Gasteiger partial charge is 0.329 e. The van der Waals surface area contributed by atoms with Crippen LogP contribution in [0.3, 0.4) is 0 Å². The van der Waals surface area contributed by atoms with E-state index in [2.05, 4.69) is 11.8 Å². The van der Waals surface area contributed by atoms with Crippen LogP contribution in [0.25, 0.3) is 0 Å². The SMILES string of the molecule is CC1CC1CN(C)C1(CN)CCS(=O)(=O)C1. The van der Waals surface area contributed by atoms with E-state index in [9.17, 15) is 8.42 Å². The number of nitrogens with two attached hydrogens (primary N) is 1. The zero-order valence-electron chi connectivity index (χ0n) is 10.1. The van der Waals surface area contributed by atoms with E-state index in [4.69, 9.17) is 5.73 Å². The fraction of sp³-hybridized carbons (Fsp3) is 1.00. The number of nitrogens with zero attached hydrogens (tertiary/aromatic N) is 1. The molecule has 0 amide bonds. The number of hydrogen-bond donors (Lipinski definition) is 1. The topological polar surface area (TPSA) is 63.4 Å². The van der Waals surface area contributed by atoms with Crippen molar-refractivity contribution in [3.63, 3.8) is 0 Å². The van der Waals surface area contributed by atoms with Gasteiger partial charge >= 0.3 is 0 Å². The normalized spacial score (nSPS) is 41.5. The van der Waals surface area contributed by atoms with Crippen molar-refractivity contribution in [2.45, 2.75) is 25.3 Å². The summed E-state index contributed by atoms with van der Waals surface area (Å²) < 4.78 is 23.2. The molecule has 4 nitrogen and oxygen atoms in total. The highest BCUT2D eigenvalue weighted by Gasteiger charge is 2.46. The van der Waals surface area contributed by atoms with Gasteiger partial charge in [-0.25, -0.2) is 8.42 Å². The molecule has 0 aromatic rings. The first kappa shape index (κ1) is 12.3. The molecular weight excluding hydrogens is 224 g/mol. The van der Waals surface area contributed by atoms with Crippen molar-refractivity contribution >= 4 is 9.84 Å². The summed E-state index contributed by atoms with van der Waals surface area (Å²) in [6.45, 7) is 3.69. The van der Waals surface area contributed by atoms with E-state index >= 15 is 0 Å². The van der Waals surface area contributed by atoms with Gasteiger partial charge in [-0.05, 0) is 31.7 Å². The van der Waals surface area contributed by atoms with Crippen molar-refractivity contribution in [2.75, 3.05) is 31.6 Å². The first-order chi connectivity index (χ1) is 7.38. The molecule has 2 fully saturated rings. The van der Waals surface area contributed by atoms with E-state index < -0.39 is 9.84 Å². The third kappa shape index (κ3) is 2.26. The van der Waals surface area contributed by atoms with Gasteiger partial charge in [0, 0.05) is 18.6 Å². The lowest BCUT2D eigenvalue weighted by Gasteiger charge is -2.37. The van der Waals surface area contributed by atoms with Crippen molar-refractivity contribution in [2.24, 2.45) is 17.6 Å². The molecule has 94 valence electrons. The van der Waals surface area contributed by atoms with Crippen LogP contribution in [0.15, 0.2) is 0 Å². The molecule has 1 aliphatic heterocycles. The second kappa shape index (κ2) is 3.96.